The molecule has 0 radical (unpaired) electrons. The van der Waals surface area contributed by atoms with Crippen LogP contribution in [-0.2, 0) is 11.3 Å². The molecule has 2 rings (SSSR count). The van der Waals surface area contributed by atoms with Crippen LogP contribution in [0.4, 0.5) is 5.82 Å². The zero-order valence-electron chi connectivity index (χ0n) is 10.9. The van der Waals surface area contributed by atoms with Crippen molar-refractivity contribution >= 4 is 17.4 Å². The minimum absolute atomic E-state index is 0.00451. The Hall–Kier alpha value is -1.48. The highest BCUT2D eigenvalue weighted by Gasteiger charge is 2.19. The molecule has 0 fully saturated rings. The third-order valence-corrected chi connectivity index (χ3v) is 3.15. The summed E-state index contributed by atoms with van der Waals surface area (Å²) >= 11 is 5.77. The van der Waals surface area contributed by atoms with Crippen LogP contribution < -0.4 is 5.73 Å². The molecule has 3 nitrogen and oxygen atoms in total. The molecule has 4 heteroatoms. The fourth-order valence-electron chi connectivity index (χ4n) is 1.70. The first kappa shape index (κ1) is 13.0. The summed E-state index contributed by atoms with van der Waals surface area (Å²) in [6.07, 6.45) is 0. The van der Waals surface area contributed by atoms with Crippen molar-refractivity contribution in [2.45, 2.75) is 32.1 Å². The second kappa shape index (κ2) is 4.65. The summed E-state index contributed by atoms with van der Waals surface area (Å²) in [5.41, 5.74) is 9.04. The largest absolute Gasteiger partial charge is 0.384 e. The van der Waals surface area contributed by atoms with Crippen LogP contribution in [0.15, 0.2) is 30.3 Å². The number of anilines is 1. The van der Waals surface area contributed by atoms with Crippen molar-refractivity contribution in [2.75, 3.05) is 5.73 Å². The van der Waals surface area contributed by atoms with E-state index in [0.717, 1.165) is 16.9 Å². The first-order chi connectivity index (χ1) is 8.41. The summed E-state index contributed by atoms with van der Waals surface area (Å²) in [4.78, 5) is 0. The normalized spacial score (nSPS) is 11.8. The van der Waals surface area contributed by atoms with Gasteiger partial charge in [-0.15, -0.1) is 11.6 Å². The van der Waals surface area contributed by atoms with Gasteiger partial charge in [-0.3, -0.25) is 0 Å². The van der Waals surface area contributed by atoms with Gasteiger partial charge in [0.25, 0.3) is 0 Å². The van der Waals surface area contributed by atoms with E-state index in [1.807, 2.05) is 30.3 Å². The summed E-state index contributed by atoms with van der Waals surface area (Å²) in [5.74, 6) is 1.17. The Bertz CT molecular complexity index is 535. The number of hydrogen-bond acceptors (Lipinski definition) is 2. The zero-order chi connectivity index (χ0) is 13.3. The second-order valence-corrected chi connectivity index (χ2v) is 5.68. The first-order valence-corrected chi connectivity index (χ1v) is 6.46. The average molecular weight is 264 g/mol. The lowest BCUT2D eigenvalue weighted by Crippen LogP contribution is -2.12. The van der Waals surface area contributed by atoms with E-state index >= 15 is 0 Å². The molecule has 0 aliphatic carbocycles. The van der Waals surface area contributed by atoms with Crippen molar-refractivity contribution in [3.63, 3.8) is 0 Å². The van der Waals surface area contributed by atoms with Gasteiger partial charge >= 0.3 is 0 Å². The third-order valence-electron chi connectivity index (χ3n) is 2.84. The van der Waals surface area contributed by atoms with E-state index in [4.69, 9.17) is 17.3 Å². The molecular formula is C14H18ClN3. The van der Waals surface area contributed by atoms with E-state index in [0.29, 0.717) is 11.7 Å². The van der Waals surface area contributed by atoms with Crippen LogP contribution in [0, 0.1) is 0 Å². The molecule has 1 aromatic carbocycles. The van der Waals surface area contributed by atoms with Crippen molar-refractivity contribution in [2.24, 2.45) is 0 Å². The summed E-state index contributed by atoms with van der Waals surface area (Å²) in [7, 11) is 0. The van der Waals surface area contributed by atoms with Gasteiger partial charge in [-0.2, -0.15) is 5.10 Å². The number of rotatable bonds is 2. The smallest absolute Gasteiger partial charge is 0.127 e. The Labute approximate surface area is 113 Å². The fraction of sp³-hybridized carbons (Fsp3) is 0.357. The van der Waals surface area contributed by atoms with Crippen molar-refractivity contribution < 1.29 is 0 Å². The summed E-state index contributed by atoms with van der Waals surface area (Å²) in [5, 5.41) is 4.57. The van der Waals surface area contributed by atoms with E-state index in [9.17, 15) is 0 Å². The molecule has 0 aliphatic rings. The quantitative estimate of drug-likeness (QED) is 0.843. The molecule has 0 saturated heterocycles. The maximum absolute atomic E-state index is 6.02. The van der Waals surface area contributed by atoms with Crippen LogP contribution in [0.3, 0.4) is 0 Å². The van der Waals surface area contributed by atoms with Crippen LogP contribution in [0.25, 0.3) is 5.69 Å². The maximum Gasteiger partial charge on any atom is 0.127 e. The number of nitrogens with two attached hydrogens (primary N) is 1. The van der Waals surface area contributed by atoms with Crippen LogP contribution in [-0.4, -0.2) is 9.78 Å². The van der Waals surface area contributed by atoms with Gasteiger partial charge in [0.1, 0.15) is 5.82 Å². The maximum atomic E-state index is 6.02. The molecule has 0 bridgehead atoms. The summed E-state index contributed by atoms with van der Waals surface area (Å²) in [6.45, 7) is 6.36. The standard InChI is InChI=1S/C14H18ClN3/c1-14(2,3)12-8-13(16)18(17-12)11-6-4-10(9-15)5-7-11/h4-8H,9,16H2,1-3H3. The van der Waals surface area contributed by atoms with Crippen LogP contribution in [0.2, 0.25) is 0 Å². The predicted octanol–water partition coefficient (Wildman–Crippen LogP) is 3.49. The van der Waals surface area contributed by atoms with Gasteiger partial charge in [-0.25, -0.2) is 4.68 Å². The van der Waals surface area contributed by atoms with E-state index in [1.165, 1.54) is 0 Å². The van der Waals surface area contributed by atoms with Crippen molar-refractivity contribution in [3.05, 3.63) is 41.6 Å². The van der Waals surface area contributed by atoms with Gasteiger partial charge in [0, 0.05) is 17.4 Å². The van der Waals surface area contributed by atoms with Crippen molar-refractivity contribution in [1.82, 2.24) is 9.78 Å². The first-order valence-electron chi connectivity index (χ1n) is 5.93. The number of nitrogen functional groups attached to an aromatic ring is 1. The second-order valence-electron chi connectivity index (χ2n) is 5.42. The van der Waals surface area contributed by atoms with Crippen molar-refractivity contribution in [1.29, 1.82) is 0 Å². The minimum atomic E-state index is -0.00451. The topological polar surface area (TPSA) is 43.8 Å². The van der Waals surface area contributed by atoms with Crippen LogP contribution >= 0.6 is 11.6 Å². The lowest BCUT2D eigenvalue weighted by atomic mass is 9.92. The molecule has 18 heavy (non-hydrogen) atoms. The molecular weight excluding hydrogens is 246 g/mol. The van der Waals surface area contributed by atoms with Gasteiger partial charge < -0.3 is 5.73 Å². The molecule has 2 aromatic rings. The molecule has 0 aliphatic heterocycles. The van der Waals surface area contributed by atoms with E-state index in [2.05, 4.69) is 25.9 Å². The number of aromatic nitrogens is 2. The highest BCUT2D eigenvalue weighted by Crippen LogP contribution is 2.24. The van der Waals surface area contributed by atoms with Gasteiger partial charge in [0.15, 0.2) is 0 Å². The predicted molar refractivity (Wildman–Crippen MR) is 76.2 cm³/mol. The van der Waals surface area contributed by atoms with E-state index in [1.54, 1.807) is 4.68 Å². The number of hydrogen-bond donors (Lipinski definition) is 1. The fourth-order valence-corrected chi connectivity index (χ4v) is 1.87. The molecule has 1 heterocycles. The Morgan fingerprint density at radius 2 is 1.83 bits per heavy atom. The van der Waals surface area contributed by atoms with Crippen LogP contribution in [0.5, 0.6) is 0 Å². The molecule has 96 valence electrons. The minimum Gasteiger partial charge on any atom is -0.384 e. The monoisotopic (exact) mass is 263 g/mol. The summed E-state index contributed by atoms with van der Waals surface area (Å²) < 4.78 is 1.76. The van der Waals surface area contributed by atoms with E-state index < -0.39 is 0 Å². The Morgan fingerprint density at radius 3 is 2.28 bits per heavy atom. The number of halogens is 1. The molecule has 0 saturated carbocycles. The van der Waals surface area contributed by atoms with Gasteiger partial charge in [-0.1, -0.05) is 32.9 Å². The molecule has 2 N–H and O–H groups in total. The van der Waals surface area contributed by atoms with Crippen molar-refractivity contribution in [3.8, 4) is 5.69 Å². The highest BCUT2D eigenvalue weighted by atomic mass is 35.5. The number of alkyl halides is 1. The average Bonchev–Trinajstić information content (AvgIpc) is 2.71. The zero-order valence-corrected chi connectivity index (χ0v) is 11.7. The van der Waals surface area contributed by atoms with Crippen LogP contribution in [0.1, 0.15) is 32.0 Å². The number of nitrogens with zero attached hydrogens (tertiary/aromatic N) is 2. The number of benzene rings is 1. The molecule has 1 aromatic heterocycles. The van der Waals surface area contributed by atoms with Gasteiger partial charge in [0.05, 0.1) is 11.4 Å². The van der Waals surface area contributed by atoms with E-state index in [-0.39, 0.29) is 5.41 Å². The summed E-state index contributed by atoms with van der Waals surface area (Å²) in [6, 6.07) is 9.86. The van der Waals surface area contributed by atoms with Gasteiger partial charge in [-0.05, 0) is 17.7 Å². The Kier molecular flexibility index (Phi) is 3.35. The molecule has 0 atom stereocenters. The molecule has 0 unspecified atom stereocenters. The highest BCUT2D eigenvalue weighted by molar-refractivity contribution is 6.17. The third kappa shape index (κ3) is 2.51. The Morgan fingerprint density at radius 1 is 1.22 bits per heavy atom. The lowest BCUT2D eigenvalue weighted by molar-refractivity contribution is 0.560. The Balaban J connectivity index is 2.41. The molecule has 0 amide bonds. The molecule has 0 spiro atoms. The lowest BCUT2D eigenvalue weighted by Gasteiger charge is -2.14. The SMILES string of the molecule is CC(C)(C)c1cc(N)n(-c2ccc(CCl)cc2)n1. The van der Waals surface area contributed by atoms with Gasteiger partial charge in [0.2, 0.25) is 0 Å².